The normalized spacial score (nSPS) is 12.2. The van der Waals surface area contributed by atoms with Gasteiger partial charge in [0.15, 0.2) is 11.6 Å². The highest BCUT2D eigenvalue weighted by atomic mass is 19.1. The van der Waals surface area contributed by atoms with E-state index in [2.05, 4.69) is 6.07 Å². The summed E-state index contributed by atoms with van der Waals surface area (Å²) in [5.41, 5.74) is 0.675. The van der Waals surface area contributed by atoms with Crippen molar-refractivity contribution < 1.29 is 9.13 Å². The van der Waals surface area contributed by atoms with Gasteiger partial charge in [0, 0.05) is 6.54 Å². The Labute approximate surface area is 95.1 Å². The molecule has 0 bridgehead atoms. The van der Waals surface area contributed by atoms with Gasteiger partial charge in [-0.1, -0.05) is 6.07 Å². The molecule has 1 aromatic rings. The van der Waals surface area contributed by atoms with E-state index < -0.39 is 5.82 Å². The van der Waals surface area contributed by atoms with Gasteiger partial charge in [-0.15, -0.1) is 0 Å². The van der Waals surface area contributed by atoms with Crippen LogP contribution in [0.2, 0.25) is 0 Å². The molecule has 0 saturated carbocycles. The van der Waals surface area contributed by atoms with Gasteiger partial charge in [0.2, 0.25) is 0 Å². The Bertz CT molecular complexity index is 398. The smallest absolute Gasteiger partial charge is 0.165 e. The van der Waals surface area contributed by atoms with E-state index in [1.54, 1.807) is 12.1 Å². The van der Waals surface area contributed by atoms with Gasteiger partial charge in [0.25, 0.3) is 0 Å². The molecular weight excluding hydrogens is 207 g/mol. The van der Waals surface area contributed by atoms with E-state index in [-0.39, 0.29) is 11.7 Å². The molecule has 4 heteroatoms. The van der Waals surface area contributed by atoms with Crippen LogP contribution in [0.15, 0.2) is 18.2 Å². The van der Waals surface area contributed by atoms with E-state index in [1.165, 1.54) is 13.2 Å². The molecule has 0 aromatic heterocycles. The van der Waals surface area contributed by atoms with E-state index in [1.807, 2.05) is 19.0 Å². The van der Waals surface area contributed by atoms with Crippen molar-refractivity contribution in [3.63, 3.8) is 0 Å². The standard InChI is InChI=1S/C12H15FN2O/c1-15(2)8-10(7-14)9-4-5-12(16-3)11(13)6-9/h4-6,10H,8H2,1-3H3. The molecule has 0 radical (unpaired) electrons. The molecule has 16 heavy (non-hydrogen) atoms. The Balaban J connectivity index is 2.95. The van der Waals surface area contributed by atoms with Crippen molar-refractivity contribution in [1.82, 2.24) is 4.90 Å². The third-order valence-electron chi connectivity index (χ3n) is 2.28. The van der Waals surface area contributed by atoms with E-state index in [9.17, 15) is 4.39 Å². The Kier molecular flexibility index (Phi) is 4.27. The maximum Gasteiger partial charge on any atom is 0.165 e. The number of nitrogens with zero attached hydrogens (tertiary/aromatic N) is 2. The van der Waals surface area contributed by atoms with Crippen LogP contribution in [0, 0.1) is 17.1 Å². The molecule has 1 atom stereocenters. The zero-order chi connectivity index (χ0) is 12.1. The first kappa shape index (κ1) is 12.5. The van der Waals surface area contributed by atoms with Crippen LogP contribution < -0.4 is 4.74 Å². The largest absolute Gasteiger partial charge is 0.494 e. The summed E-state index contributed by atoms with van der Waals surface area (Å²) in [6.45, 7) is 0.572. The fraction of sp³-hybridized carbons (Fsp3) is 0.417. The predicted octanol–water partition coefficient (Wildman–Crippen LogP) is 2.00. The first-order valence-corrected chi connectivity index (χ1v) is 4.96. The number of halogens is 1. The quantitative estimate of drug-likeness (QED) is 0.781. The van der Waals surface area contributed by atoms with Gasteiger partial charge < -0.3 is 9.64 Å². The zero-order valence-corrected chi connectivity index (χ0v) is 9.70. The predicted molar refractivity (Wildman–Crippen MR) is 59.9 cm³/mol. The van der Waals surface area contributed by atoms with Crippen molar-refractivity contribution in [3.05, 3.63) is 29.6 Å². The van der Waals surface area contributed by atoms with Gasteiger partial charge in [-0.25, -0.2) is 4.39 Å². The number of rotatable bonds is 4. The molecule has 0 N–H and O–H groups in total. The number of benzene rings is 1. The van der Waals surface area contributed by atoms with Gasteiger partial charge >= 0.3 is 0 Å². The number of nitriles is 1. The van der Waals surface area contributed by atoms with Crippen LogP contribution in [0.3, 0.4) is 0 Å². The molecule has 0 aliphatic carbocycles. The maximum atomic E-state index is 13.4. The molecule has 0 amide bonds. The Morgan fingerprint density at radius 3 is 2.62 bits per heavy atom. The summed E-state index contributed by atoms with van der Waals surface area (Å²) >= 11 is 0. The molecule has 1 rings (SSSR count). The monoisotopic (exact) mass is 222 g/mol. The van der Waals surface area contributed by atoms with Crippen molar-refractivity contribution in [1.29, 1.82) is 5.26 Å². The van der Waals surface area contributed by atoms with Crippen LogP contribution in [0.4, 0.5) is 4.39 Å². The molecule has 0 saturated heterocycles. The van der Waals surface area contributed by atoms with Crippen LogP contribution in [-0.2, 0) is 0 Å². The summed E-state index contributed by atoms with van der Waals surface area (Å²) in [5, 5.41) is 9.02. The SMILES string of the molecule is COc1ccc(C(C#N)CN(C)C)cc1F. The van der Waals surface area contributed by atoms with Crippen molar-refractivity contribution in [2.75, 3.05) is 27.7 Å². The first-order valence-electron chi connectivity index (χ1n) is 4.96. The Morgan fingerprint density at radius 1 is 1.50 bits per heavy atom. The molecule has 1 aromatic carbocycles. The highest BCUT2D eigenvalue weighted by Crippen LogP contribution is 2.23. The number of likely N-dealkylation sites (N-methyl/N-ethyl adjacent to an activating group) is 1. The Hall–Kier alpha value is -1.60. The second-order valence-corrected chi connectivity index (χ2v) is 3.84. The van der Waals surface area contributed by atoms with Crippen LogP contribution in [0.1, 0.15) is 11.5 Å². The van der Waals surface area contributed by atoms with Gasteiger partial charge in [-0.3, -0.25) is 0 Å². The Morgan fingerprint density at radius 2 is 2.19 bits per heavy atom. The fourth-order valence-corrected chi connectivity index (χ4v) is 1.49. The van der Waals surface area contributed by atoms with Crippen molar-refractivity contribution in [3.8, 4) is 11.8 Å². The molecule has 3 nitrogen and oxygen atoms in total. The molecule has 0 aliphatic heterocycles. The maximum absolute atomic E-state index is 13.4. The highest BCUT2D eigenvalue weighted by Gasteiger charge is 2.14. The highest BCUT2D eigenvalue weighted by molar-refractivity contribution is 5.33. The van der Waals surface area contributed by atoms with Gasteiger partial charge in [-0.2, -0.15) is 5.26 Å². The van der Waals surface area contributed by atoms with E-state index >= 15 is 0 Å². The number of hydrogen-bond acceptors (Lipinski definition) is 3. The average molecular weight is 222 g/mol. The lowest BCUT2D eigenvalue weighted by Crippen LogP contribution is -2.19. The van der Waals surface area contributed by atoms with E-state index in [4.69, 9.17) is 10.00 Å². The van der Waals surface area contributed by atoms with Crippen LogP contribution in [-0.4, -0.2) is 32.6 Å². The fourth-order valence-electron chi connectivity index (χ4n) is 1.49. The first-order chi connectivity index (χ1) is 7.58. The minimum absolute atomic E-state index is 0.199. The lowest BCUT2D eigenvalue weighted by Gasteiger charge is -2.15. The summed E-state index contributed by atoms with van der Waals surface area (Å²) in [7, 11) is 5.17. The van der Waals surface area contributed by atoms with Crippen LogP contribution in [0.25, 0.3) is 0 Å². The number of methoxy groups -OCH3 is 1. The topological polar surface area (TPSA) is 36.3 Å². The average Bonchev–Trinajstić information content (AvgIpc) is 2.25. The van der Waals surface area contributed by atoms with Crippen molar-refractivity contribution in [2.45, 2.75) is 5.92 Å². The zero-order valence-electron chi connectivity index (χ0n) is 9.70. The molecule has 0 heterocycles. The minimum atomic E-state index is -0.431. The third kappa shape index (κ3) is 2.94. The third-order valence-corrected chi connectivity index (χ3v) is 2.28. The number of ether oxygens (including phenoxy) is 1. The van der Waals surface area contributed by atoms with Crippen LogP contribution in [0.5, 0.6) is 5.75 Å². The van der Waals surface area contributed by atoms with Gasteiger partial charge in [0.05, 0.1) is 19.1 Å². The second kappa shape index (κ2) is 5.47. The minimum Gasteiger partial charge on any atom is -0.494 e. The molecule has 1 unspecified atom stereocenters. The lowest BCUT2D eigenvalue weighted by molar-refractivity contribution is 0.383. The molecule has 86 valence electrons. The lowest BCUT2D eigenvalue weighted by atomic mass is 10.00. The number of hydrogen-bond donors (Lipinski definition) is 0. The molecule has 0 fully saturated rings. The van der Waals surface area contributed by atoms with E-state index in [0.717, 1.165) is 0 Å². The van der Waals surface area contributed by atoms with Gasteiger partial charge in [0.1, 0.15) is 0 Å². The summed E-state index contributed by atoms with van der Waals surface area (Å²) in [6.07, 6.45) is 0. The summed E-state index contributed by atoms with van der Waals surface area (Å²) in [4.78, 5) is 1.90. The van der Waals surface area contributed by atoms with Crippen LogP contribution >= 0.6 is 0 Å². The molecular formula is C12H15FN2O. The summed E-state index contributed by atoms with van der Waals surface area (Å²) < 4.78 is 18.3. The van der Waals surface area contributed by atoms with E-state index in [0.29, 0.717) is 12.1 Å². The van der Waals surface area contributed by atoms with Gasteiger partial charge in [-0.05, 0) is 31.8 Å². The summed E-state index contributed by atoms with van der Waals surface area (Å²) in [6, 6.07) is 6.79. The molecule has 0 spiro atoms. The second-order valence-electron chi connectivity index (χ2n) is 3.84. The van der Waals surface area contributed by atoms with Crippen molar-refractivity contribution in [2.24, 2.45) is 0 Å². The van der Waals surface area contributed by atoms with Crippen molar-refractivity contribution >= 4 is 0 Å². The summed E-state index contributed by atoms with van der Waals surface area (Å²) in [5.74, 6) is -0.556. The molecule has 0 aliphatic rings.